The molecule has 2 rings (SSSR count). The van der Waals surface area contributed by atoms with E-state index in [-0.39, 0.29) is 0 Å². The Morgan fingerprint density at radius 3 is 2.60 bits per heavy atom. The largest absolute Gasteiger partial charge is 0.385 e. The van der Waals surface area contributed by atoms with Crippen molar-refractivity contribution in [2.75, 3.05) is 11.9 Å². The highest BCUT2D eigenvalue weighted by atomic mass is 14.9. The molecule has 0 aliphatic carbocycles. The lowest BCUT2D eigenvalue weighted by Crippen LogP contribution is -2.01. The fraction of sp³-hybridized carbons (Fsp3) is 0.500. The van der Waals surface area contributed by atoms with Crippen LogP contribution in [0, 0.1) is 0 Å². The highest BCUT2D eigenvalue weighted by Gasteiger charge is 2.09. The Morgan fingerprint density at radius 1 is 1.15 bits per heavy atom. The molecule has 1 aromatic carbocycles. The highest BCUT2D eigenvalue weighted by molar-refractivity contribution is 5.92. The summed E-state index contributed by atoms with van der Waals surface area (Å²) in [6.45, 7) is 9.81. The summed E-state index contributed by atoms with van der Waals surface area (Å²) < 4.78 is 0. The lowest BCUT2D eigenvalue weighted by molar-refractivity contribution is 0.734. The zero-order valence-electron chi connectivity index (χ0n) is 13.2. The maximum atomic E-state index is 4.79. The lowest BCUT2D eigenvalue weighted by atomic mass is 9.96. The van der Waals surface area contributed by atoms with Crippen LogP contribution in [0.4, 0.5) is 5.69 Å². The van der Waals surface area contributed by atoms with E-state index in [0.29, 0.717) is 5.92 Å². The fourth-order valence-electron chi connectivity index (χ4n) is 2.56. The third-order valence-electron chi connectivity index (χ3n) is 3.94. The molecule has 1 aromatic heterocycles. The van der Waals surface area contributed by atoms with Crippen LogP contribution in [0.15, 0.2) is 24.3 Å². The first kappa shape index (κ1) is 14.8. The maximum absolute atomic E-state index is 4.79. The smallest absolute Gasteiger partial charge is 0.0726 e. The number of fused-ring (bicyclic) bond motifs is 1. The van der Waals surface area contributed by atoms with Crippen LogP contribution < -0.4 is 5.32 Å². The third kappa shape index (κ3) is 3.12. The van der Waals surface area contributed by atoms with E-state index >= 15 is 0 Å². The van der Waals surface area contributed by atoms with Crippen molar-refractivity contribution in [3.8, 4) is 0 Å². The van der Waals surface area contributed by atoms with Gasteiger partial charge in [0, 0.05) is 23.3 Å². The number of rotatable bonds is 6. The number of aromatic nitrogens is 1. The Hall–Kier alpha value is -1.57. The molecule has 0 saturated heterocycles. The molecule has 2 heteroatoms. The van der Waals surface area contributed by atoms with Gasteiger partial charge in [-0.05, 0) is 49.4 Å². The average Bonchev–Trinajstić information content (AvgIpc) is 2.47. The molecule has 0 radical (unpaired) electrons. The Bertz CT molecular complexity index is 575. The summed E-state index contributed by atoms with van der Waals surface area (Å²) in [5.41, 5.74) is 4.93. The van der Waals surface area contributed by atoms with Gasteiger partial charge < -0.3 is 5.32 Å². The monoisotopic (exact) mass is 270 g/mol. The molecule has 0 fully saturated rings. The second kappa shape index (κ2) is 6.74. The molecule has 20 heavy (non-hydrogen) atoms. The van der Waals surface area contributed by atoms with E-state index in [1.165, 1.54) is 28.8 Å². The van der Waals surface area contributed by atoms with Crippen LogP contribution in [0.2, 0.25) is 0 Å². The molecule has 1 heterocycles. The van der Waals surface area contributed by atoms with Gasteiger partial charge in [0.1, 0.15) is 0 Å². The van der Waals surface area contributed by atoms with Crippen molar-refractivity contribution >= 4 is 16.6 Å². The van der Waals surface area contributed by atoms with Gasteiger partial charge in [0.15, 0.2) is 0 Å². The van der Waals surface area contributed by atoms with Gasteiger partial charge in [0.05, 0.1) is 5.52 Å². The predicted molar refractivity (Wildman–Crippen MR) is 88.6 cm³/mol. The summed E-state index contributed by atoms with van der Waals surface area (Å²) in [5, 5.41) is 4.75. The minimum absolute atomic E-state index is 0.601. The molecule has 0 saturated carbocycles. The normalized spacial score (nSPS) is 12.6. The SMILES string of the molecule is CCCc1cc(NCC)c2cc(C(C)CC)ccc2n1. The van der Waals surface area contributed by atoms with E-state index in [1.54, 1.807) is 0 Å². The Balaban J connectivity index is 2.54. The second-order valence-corrected chi connectivity index (χ2v) is 5.53. The van der Waals surface area contributed by atoms with Crippen LogP contribution in [0.25, 0.3) is 10.9 Å². The number of hydrogen-bond acceptors (Lipinski definition) is 2. The van der Waals surface area contributed by atoms with Gasteiger partial charge in [-0.2, -0.15) is 0 Å². The molecule has 1 atom stereocenters. The van der Waals surface area contributed by atoms with E-state index in [4.69, 9.17) is 4.98 Å². The molecule has 108 valence electrons. The predicted octanol–water partition coefficient (Wildman–Crippen LogP) is 5.13. The molecule has 0 amide bonds. The van der Waals surface area contributed by atoms with Crippen LogP contribution in [-0.2, 0) is 6.42 Å². The van der Waals surface area contributed by atoms with Crippen LogP contribution in [0.1, 0.15) is 57.7 Å². The van der Waals surface area contributed by atoms with E-state index in [1.807, 2.05) is 0 Å². The molecule has 0 aliphatic heterocycles. The molecular formula is C18H26N2. The van der Waals surface area contributed by atoms with E-state index in [2.05, 4.69) is 57.3 Å². The van der Waals surface area contributed by atoms with Crippen LogP contribution in [-0.4, -0.2) is 11.5 Å². The average molecular weight is 270 g/mol. The number of aryl methyl sites for hydroxylation is 1. The zero-order valence-corrected chi connectivity index (χ0v) is 13.2. The van der Waals surface area contributed by atoms with Gasteiger partial charge in [-0.1, -0.05) is 33.3 Å². The summed E-state index contributed by atoms with van der Waals surface area (Å²) in [7, 11) is 0. The van der Waals surface area contributed by atoms with Crippen molar-refractivity contribution in [2.24, 2.45) is 0 Å². The van der Waals surface area contributed by atoms with Gasteiger partial charge in [-0.15, -0.1) is 0 Å². The molecule has 1 N–H and O–H groups in total. The fourth-order valence-corrected chi connectivity index (χ4v) is 2.56. The van der Waals surface area contributed by atoms with Gasteiger partial charge in [-0.25, -0.2) is 0 Å². The van der Waals surface area contributed by atoms with Gasteiger partial charge in [0.25, 0.3) is 0 Å². The van der Waals surface area contributed by atoms with Gasteiger partial charge in [0.2, 0.25) is 0 Å². The van der Waals surface area contributed by atoms with E-state index < -0.39 is 0 Å². The zero-order chi connectivity index (χ0) is 14.5. The summed E-state index contributed by atoms with van der Waals surface area (Å²) in [6, 6.07) is 8.94. The van der Waals surface area contributed by atoms with Crippen molar-refractivity contribution in [2.45, 2.75) is 52.9 Å². The molecule has 0 aliphatic rings. The number of pyridine rings is 1. The van der Waals surface area contributed by atoms with Crippen molar-refractivity contribution in [3.05, 3.63) is 35.5 Å². The van der Waals surface area contributed by atoms with Crippen LogP contribution in [0.3, 0.4) is 0 Å². The van der Waals surface area contributed by atoms with Crippen molar-refractivity contribution in [1.29, 1.82) is 0 Å². The maximum Gasteiger partial charge on any atom is 0.0726 e. The third-order valence-corrected chi connectivity index (χ3v) is 3.94. The topological polar surface area (TPSA) is 24.9 Å². The van der Waals surface area contributed by atoms with Crippen LogP contribution >= 0.6 is 0 Å². The van der Waals surface area contributed by atoms with Crippen LogP contribution in [0.5, 0.6) is 0 Å². The second-order valence-electron chi connectivity index (χ2n) is 5.53. The van der Waals surface area contributed by atoms with Crippen molar-refractivity contribution in [3.63, 3.8) is 0 Å². The highest BCUT2D eigenvalue weighted by Crippen LogP contribution is 2.28. The number of anilines is 1. The minimum atomic E-state index is 0.601. The molecule has 0 bridgehead atoms. The molecule has 0 spiro atoms. The first-order valence-electron chi connectivity index (χ1n) is 7.87. The number of hydrogen-bond donors (Lipinski definition) is 1. The Kier molecular flexibility index (Phi) is 4.99. The van der Waals surface area contributed by atoms with E-state index in [9.17, 15) is 0 Å². The number of benzene rings is 1. The Labute approximate surface area is 122 Å². The van der Waals surface area contributed by atoms with Gasteiger partial charge >= 0.3 is 0 Å². The first-order valence-corrected chi connectivity index (χ1v) is 7.87. The molecule has 1 unspecified atom stereocenters. The van der Waals surface area contributed by atoms with Gasteiger partial charge in [-0.3, -0.25) is 4.98 Å². The number of nitrogens with one attached hydrogen (secondary N) is 1. The minimum Gasteiger partial charge on any atom is -0.385 e. The summed E-state index contributed by atoms with van der Waals surface area (Å²) >= 11 is 0. The summed E-state index contributed by atoms with van der Waals surface area (Å²) in [6.07, 6.45) is 3.35. The van der Waals surface area contributed by atoms with Crippen molar-refractivity contribution < 1.29 is 0 Å². The molecule has 2 nitrogen and oxygen atoms in total. The molecular weight excluding hydrogens is 244 g/mol. The summed E-state index contributed by atoms with van der Waals surface area (Å²) in [5.74, 6) is 0.601. The number of nitrogens with zero attached hydrogens (tertiary/aromatic N) is 1. The van der Waals surface area contributed by atoms with Crippen molar-refractivity contribution in [1.82, 2.24) is 4.98 Å². The summed E-state index contributed by atoms with van der Waals surface area (Å²) in [4.78, 5) is 4.79. The lowest BCUT2D eigenvalue weighted by Gasteiger charge is -2.14. The Morgan fingerprint density at radius 2 is 1.95 bits per heavy atom. The quantitative estimate of drug-likeness (QED) is 0.786. The first-order chi connectivity index (χ1) is 9.69. The van der Waals surface area contributed by atoms with E-state index in [0.717, 1.165) is 24.9 Å². The standard InChI is InChI=1S/C18H26N2/c1-5-8-15-12-18(19-7-3)16-11-14(13(4)6-2)9-10-17(16)20-15/h9-13H,5-8H2,1-4H3,(H,19,20). The molecule has 2 aromatic rings.